The highest BCUT2D eigenvalue weighted by Gasteiger charge is 2.30. The van der Waals surface area contributed by atoms with Crippen LogP contribution in [0.5, 0.6) is 0 Å². The van der Waals surface area contributed by atoms with Crippen LogP contribution in [0.2, 0.25) is 10.0 Å². The molecule has 0 unspecified atom stereocenters. The van der Waals surface area contributed by atoms with Gasteiger partial charge in [0.15, 0.2) is 0 Å². The van der Waals surface area contributed by atoms with E-state index >= 15 is 0 Å². The minimum absolute atomic E-state index is 0.0166. The van der Waals surface area contributed by atoms with E-state index in [1.165, 1.54) is 70.4 Å². The molecule has 0 saturated heterocycles. The van der Waals surface area contributed by atoms with E-state index in [-0.39, 0.29) is 27.1 Å². The first-order valence-corrected chi connectivity index (χ1v) is 30.2. The van der Waals surface area contributed by atoms with Crippen LogP contribution in [0.3, 0.4) is 0 Å². The molecular weight excluding hydrogens is 1040 g/mol. The lowest BCUT2D eigenvalue weighted by atomic mass is 9.79. The number of nitrogens with zero attached hydrogens (tertiary/aromatic N) is 2. The smallest absolute Gasteiger partial charge is 0.0888 e. The Kier molecular flexibility index (Phi) is 14.2. The molecule has 0 atom stereocenters. The van der Waals surface area contributed by atoms with E-state index in [0.717, 1.165) is 56.2 Å². The van der Waals surface area contributed by atoms with Crippen molar-refractivity contribution in [3.05, 3.63) is 225 Å². The van der Waals surface area contributed by atoms with Gasteiger partial charge in [-0.1, -0.05) is 242 Å². The van der Waals surface area contributed by atoms with Crippen LogP contribution in [0.25, 0.3) is 64.7 Å². The van der Waals surface area contributed by atoms with E-state index in [4.69, 9.17) is 23.2 Å². The molecule has 0 saturated carbocycles. The molecule has 0 aliphatic carbocycles. The molecule has 1 heterocycles. The van der Waals surface area contributed by atoms with Gasteiger partial charge < -0.3 is 9.80 Å². The monoisotopic (exact) mass is 1120 g/mol. The molecule has 0 amide bonds. The Morgan fingerprint density at radius 1 is 0.309 bits per heavy atom. The zero-order valence-electron chi connectivity index (χ0n) is 50.0. The van der Waals surface area contributed by atoms with Crippen LogP contribution in [-0.2, 0) is 27.1 Å². The maximum atomic E-state index is 8.31. The number of hydrogen-bond acceptors (Lipinski definition) is 3. The molecule has 2 nitrogen and oxygen atoms in total. The summed E-state index contributed by atoms with van der Waals surface area (Å²) in [6, 6.07) is 67.9. The summed E-state index contributed by atoms with van der Waals surface area (Å²) in [6.45, 7) is 34.3. The zero-order chi connectivity index (χ0) is 57.7. The summed E-state index contributed by atoms with van der Waals surface area (Å²) in [5.41, 5.74) is 16.2. The molecule has 0 aliphatic heterocycles. The van der Waals surface area contributed by atoms with E-state index in [1.54, 1.807) is 11.3 Å². The Labute approximate surface area is 496 Å². The molecule has 0 spiro atoms. The average Bonchev–Trinajstić information content (AvgIpc) is 3.87. The maximum Gasteiger partial charge on any atom is 0.0888 e. The van der Waals surface area contributed by atoms with Gasteiger partial charge in [-0.2, -0.15) is 0 Å². The molecular formula is C76H76Cl2N2S. The number of anilines is 6. The van der Waals surface area contributed by atoms with Crippen molar-refractivity contribution in [2.75, 3.05) is 9.80 Å². The summed E-state index contributed by atoms with van der Waals surface area (Å²) >= 11 is 17.7. The molecule has 0 aliphatic rings. The summed E-state index contributed by atoms with van der Waals surface area (Å²) in [6.07, 6.45) is 0. The molecule has 5 heteroatoms. The van der Waals surface area contributed by atoms with Gasteiger partial charge in [0.25, 0.3) is 0 Å². The third-order valence-corrected chi connectivity index (χ3v) is 18.0. The van der Waals surface area contributed by atoms with Crippen molar-refractivity contribution < 1.29 is 0 Å². The molecule has 11 aromatic rings. The predicted molar refractivity (Wildman–Crippen MR) is 358 cm³/mol. The summed E-state index contributed by atoms with van der Waals surface area (Å²) < 4.78 is 1.20. The molecule has 0 bridgehead atoms. The van der Waals surface area contributed by atoms with Gasteiger partial charge in [-0.05, 0) is 171 Å². The van der Waals surface area contributed by atoms with Crippen LogP contribution >= 0.6 is 34.5 Å². The van der Waals surface area contributed by atoms with Gasteiger partial charge in [0, 0.05) is 37.4 Å². The Morgan fingerprint density at radius 3 is 1.26 bits per heavy atom. The number of fused-ring (bicyclic) bond motifs is 7. The Balaban J connectivity index is 1.17. The van der Waals surface area contributed by atoms with Gasteiger partial charge in [0.1, 0.15) is 0 Å². The highest BCUT2D eigenvalue weighted by molar-refractivity contribution is 7.17. The summed E-state index contributed by atoms with van der Waals surface area (Å²) in [7, 11) is 0. The summed E-state index contributed by atoms with van der Waals surface area (Å²) in [5, 5.41) is 12.0. The molecule has 0 N–H and O–H groups in total. The van der Waals surface area contributed by atoms with Crippen molar-refractivity contribution in [1.82, 2.24) is 0 Å². The van der Waals surface area contributed by atoms with E-state index in [1.807, 2.05) is 12.1 Å². The minimum Gasteiger partial charge on any atom is -0.308 e. The summed E-state index contributed by atoms with van der Waals surface area (Å²) in [5.74, 6) is 0. The van der Waals surface area contributed by atoms with Gasteiger partial charge >= 0.3 is 0 Å². The van der Waals surface area contributed by atoms with Crippen LogP contribution in [0.1, 0.15) is 132 Å². The predicted octanol–water partition coefficient (Wildman–Crippen LogP) is 24.4. The second kappa shape index (κ2) is 20.5. The first-order valence-electron chi connectivity index (χ1n) is 28.6. The van der Waals surface area contributed by atoms with E-state index in [9.17, 15) is 0 Å². The van der Waals surface area contributed by atoms with Crippen LogP contribution in [0.4, 0.5) is 34.1 Å². The fourth-order valence-corrected chi connectivity index (χ4v) is 12.8. The highest BCUT2D eigenvalue weighted by atomic mass is 35.5. The van der Waals surface area contributed by atoms with Crippen molar-refractivity contribution in [2.45, 2.75) is 131 Å². The lowest BCUT2D eigenvalue weighted by Crippen LogP contribution is -2.17. The maximum absolute atomic E-state index is 8.31. The normalized spacial score (nSPS) is 12.8. The highest BCUT2D eigenvalue weighted by Crippen LogP contribution is 2.53. The second-order valence-corrected chi connectivity index (χ2v) is 29.2. The van der Waals surface area contributed by atoms with Gasteiger partial charge in [-0.3, -0.25) is 0 Å². The second-order valence-electron chi connectivity index (χ2n) is 27.5. The fraction of sp³-hybridized carbons (Fsp3) is 0.263. The van der Waals surface area contributed by atoms with Crippen LogP contribution in [0, 0.1) is 0 Å². The van der Waals surface area contributed by atoms with E-state index in [2.05, 4.69) is 289 Å². The zero-order valence-corrected chi connectivity index (χ0v) is 52.3. The minimum atomic E-state index is -0.135. The lowest BCUT2D eigenvalue weighted by molar-refractivity contribution is 0.569. The van der Waals surface area contributed by atoms with Gasteiger partial charge in [-0.25, -0.2) is 0 Å². The van der Waals surface area contributed by atoms with Gasteiger partial charge in [0.05, 0.1) is 27.8 Å². The number of halogens is 2. The molecule has 10 aromatic carbocycles. The quantitative estimate of drug-likeness (QED) is 0.140. The number of rotatable bonds is 8. The van der Waals surface area contributed by atoms with Gasteiger partial charge in [0.2, 0.25) is 0 Å². The Hall–Kier alpha value is -6.88. The van der Waals surface area contributed by atoms with Crippen molar-refractivity contribution in [2.24, 2.45) is 0 Å². The van der Waals surface area contributed by atoms with Crippen LogP contribution in [0.15, 0.2) is 187 Å². The van der Waals surface area contributed by atoms with Crippen molar-refractivity contribution in [3.8, 4) is 22.3 Å². The van der Waals surface area contributed by atoms with Crippen LogP contribution < -0.4 is 9.80 Å². The molecule has 1 aromatic heterocycles. The fourth-order valence-electron chi connectivity index (χ4n) is 11.4. The first-order chi connectivity index (χ1) is 38.1. The van der Waals surface area contributed by atoms with E-state index in [0.29, 0.717) is 10.0 Å². The third kappa shape index (κ3) is 10.8. The first kappa shape index (κ1) is 56.0. The lowest BCUT2D eigenvalue weighted by Gasteiger charge is -2.33. The summed E-state index contributed by atoms with van der Waals surface area (Å²) in [4.78, 5) is 4.68. The number of hydrogen-bond donors (Lipinski definition) is 0. The molecule has 81 heavy (non-hydrogen) atoms. The Morgan fingerprint density at radius 2 is 0.741 bits per heavy atom. The van der Waals surface area contributed by atoms with Crippen LogP contribution in [-0.4, -0.2) is 0 Å². The van der Waals surface area contributed by atoms with Crippen molar-refractivity contribution >= 4 is 111 Å². The third-order valence-electron chi connectivity index (χ3n) is 16.4. The van der Waals surface area contributed by atoms with E-state index < -0.39 is 0 Å². The molecule has 410 valence electrons. The SMILES string of the molecule is CC(C)(C)c1ccc(N(c2ccc(C(C)(C)C)cc2-c2ccc3c4ccccc4c4ccccc4c3c2)c2cc(Cl)cc(N(c3ccc(-c4cc(C(C)(C)C)cc(C(C)(C)C)c4)cc3)c3csc4ccc(C(C)(C)C)cc34)c2Cl)cc1. The largest absolute Gasteiger partial charge is 0.308 e. The van der Waals surface area contributed by atoms with Crippen molar-refractivity contribution in [1.29, 1.82) is 0 Å². The Bertz CT molecular complexity index is 4140. The number of benzene rings is 10. The average molecular weight is 1120 g/mol. The molecule has 0 radical (unpaired) electrons. The number of thiophene rings is 1. The van der Waals surface area contributed by atoms with Gasteiger partial charge in [-0.15, -0.1) is 11.3 Å². The standard InChI is InChI=1S/C76H76Cl2N2S/c1-72(2,3)50-27-33-57(34-28-50)79(66-36-29-51(73(4,5)6)42-63(66)48-26-35-62-60-22-17-16-20-58(60)59-21-18-19-23-61(59)64(62)40-48)67-44-55(77)45-68(71(67)78)80(69-46-81-70-37-30-52(43-65(69)70)74(7,8)9)56-31-24-47(25-32-56)49-38-53(75(10,11)12)41-54(39-49)76(13,14)15/h16-46H,1-15H3. The van der Waals surface area contributed by atoms with Crippen molar-refractivity contribution in [3.63, 3.8) is 0 Å². The topological polar surface area (TPSA) is 6.48 Å². The molecule has 11 rings (SSSR count). The molecule has 0 fully saturated rings.